The molecule has 0 bridgehead atoms. The lowest BCUT2D eigenvalue weighted by Crippen LogP contribution is -2.28. The van der Waals surface area contributed by atoms with Crippen LogP contribution in [-0.2, 0) is 10.8 Å². The standard InChI is InChI=1S/C24H26O.C9H20O2/c1-23(2,18-11-7-5-8-12-18)20-15-16-22(25)21(17-20)24(3,4)19-13-9-6-10-14-19;1-3-5-6-9(4-2,7-10)8-11/h5-17,25H,1-4H3;10-11H,3-8H2,1-2H3. The minimum absolute atomic E-state index is 0.111. The van der Waals surface area contributed by atoms with Crippen molar-refractivity contribution in [3.8, 4) is 5.75 Å². The zero-order valence-electron chi connectivity index (χ0n) is 23.1. The number of benzene rings is 3. The molecule has 0 aliphatic carbocycles. The number of unbranched alkanes of at least 4 members (excludes halogenated alkanes) is 1. The molecular weight excluding hydrogens is 444 g/mol. The van der Waals surface area contributed by atoms with E-state index in [4.69, 9.17) is 10.2 Å². The fraction of sp³-hybridized carbons (Fsp3) is 0.455. The van der Waals surface area contributed by atoms with Gasteiger partial charge in [0, 0.05) is 21.8 Å². The number of aromatic hydroxyl groups is 1. The van der Waals surface area contributed by atoms with E-state index in [1.165, 1.54) is 16.7 Å². The van der Waals surface area contributed by atoms with Crippen LogP contribution in [-0.4, -0.2) is 28.5 Å². The largest absolute Gasteiger partial charge is 0.508 e. The van der Waals surface area contributed by atoms with Gasteiger partial charge < -0.3 is 15.3 Å². The van der Waals surface area contributed by atoms with Crippen LogP contribution in [0.3, 0.4) is 0 Å². The van der Waals surface area contributed by atoms with Crippen LogP contribution in [0.15, 0.2) is 78.9 Å². The summed E-state index contributed by atoms with van der Waals surface area (Å²) in [6, 6.07) is 26.9. The molecule has 0 radical (unpaired) electrons. The van der Waals surface area contributed by atoms with Crippen molar-refractivity contribution >= 4 is 0 Å². The van der Waals surface area contributed by atoms with Gasteiger partial charge in [0.2, 0.25) is 0 Å². The molecule has 3 rings (SSSR count). The van der Waals surface area contributed by atoms with Crippen molar-refractivity contribution < 1.29 is 15.3 Å². The van der Waals surface area contributed by atoms with Gasteiger partial charge in [-0.05, 0) is 35.6 Å². The normalized spacial score (nSPS) is 12.1. The summed E-state index contributed by atoms with van der Waals surface area (Å²) in [4.78, 5) is 0. The Labute approximate surface area is 218 Å². The minimum atomic E-state index is -0.270. The van der Waals surface area contributed by atoms with Crippen molar-refractivity contribution in [2.75, 3.05) is 13.2 Å². The molecule has 0 aromatic heterocycles. The zero-order valence-corrected chi connectivity index (χ0v) is 23.1. The lowest BCUT2D eigenvalue weighted by atomic mass is 9.73. The van der Waals surface area contributed by atoms with E-state index in [-0.39, 0.29) is 29.5 Å². The van der Waals surface area contributed by atoms with E-state index >= 15 is 0 Å². The van der Waals surface area contributed by atoms with Crippen LogP contribution >= 0.6 is 0 Å². The lowest BCUT2D eigenvalue weighted by molar-refractivity contribution is 0.0420. The van der Waals surface area contributed by atoms with Crippen molar-refractivity contribution in [3.63, 3.8) is 0 Å². The molecule has 0 aliphatic heterocycles. The summed E-state index contributed by atoms with van der Waals surface area (Å²) in [5.74, 6) is 0.349. The molecule has 3 heteroatoms. The Balaban J connectivity index is 0.000000352. The summed E-state index contributed by atoms with van der Waals surface area (Å²) in [5.41, 5.74) is 4.01. The Morgan fingerprint density at radius 2 is 1.14 bits per heavy atom. The molecule has 3 nitrogen and oxygen atoms in total. The summed E-state index contributed by atoms with van der Waals surface area (Å²) >= 11 is 0. The Kier molecular flexibility index (Phi) is 10.8. The molecule has 0 atom stereocenters. The summed E-state index contributed by atoms with van der Waals surface area (Å²) in [5, 5.41) is 28.7. The summed E-state index contributed by atoms with van der Waals surface area (Å²) in [6.07, 6.45) is 4.02. The van der Waals surface area contributed by atoms with Crippen molar-refractivity contribution in [1.82, 2.24) is 0 Å². The van der Waals surface area contributed by atoms with E-state index < -0.39 is 0 Å². The predicted molar refractivity (Wildman–Crippen MR) is 152 cm³/mol. The number of phenols is 1. The first kappa shape index (κ1) is 29.6. The van der Waals surface area contributed by atoms with Gasteiger partial charge in [-0.1, -0.05) is 127 Å². The highest BCUT2D eigenvalue weighted by atomic mass is 16.3. The second-order valence-corrected chi connectivity index (χ2v) is 11.0. The fourth-order valence-electron chi connectivity index (χ4n) is 4.62. The Bertz CT molecular complexity index is 1030. The number of rotatable bonds is 10. The predicted octanol–water partition coefficient (Wildman–Crippen LogP) is 7.60. The van der Waals surface area contributed by atoms with Gasteiger partial charge in [-0.25, -0.2) is 0 Å². The van der Waals surface area contributed by atoms with E-state index in [0.717, 1.165) is 31.2 Å². The molecule has 0 unspecified atom stereocenters. The maximum atomic E-state index is 10.6. The van der Waals surface area contributed by atoms with Crippen molar-refractivity contribution in [2.45, 2.75) is 78.1 Å². The first-order valence-corrected chi connectivity index (χ1v) is 13.2. The molecule has 3 aromatic carbocycles. The molecular formula is C33H46O3. The highest BCUT2D eigenvalue weighted by molar-refractivity contribution is 5.50. The molecule has 0 heterocycles. The van der Waals surface area contributed by atoms with Crippen LogP contribution < -0.4 is 0 Å². The molecule has 196 valence electrons. The van der Waals surface area contributed by atoms with Crippen molar-refractivity contribution in [2.24, 2.45) is 5.41 Å². The van der Waals surface area contributed by atoms with Gasteiger partial charge in [0.05, 0.1) is 13.2 Å². The van der Waals surface area contributed by atoms with Crippen LogP contribution in [0.2, 0.25) is 0 Å². The third kappa shape index (κ3) is 6.99. The van der Waals surface area contributed by atoms with E-state index in [9.17, 15) is 5.11 Å². The van der Waals surface area contributed by atoms with Gasteiger partial charge >= 0.3 is 0 Å². The molecule has 0 fully saturated rings. The average Bonchev–Trinajstić information content (AvgIpc) is 2.91. The van der Waals surface area contributed by atoms with E-state index in [2.05, 4.69) is 77.1 Å². The molecule has 0 spiro atoms. The highest BCUT2D eigenvalue weighted by Crippen LogP contribution is 2.40. The summed E-state index contributed by atoms with van der Waals surface area (Å²) in [7, 11) is 0. The van der Waals surface area contributed by atoms with Crippen LogP contribution in [0.25, 0.3) is 0 Å². The first-order chi connectivity index (χ1) is 17.1. The maximum absolute atomic E-state index is 10.6. The quantitative estimate of drug-likeness (QED) is 0.274. The molecule has 0 amide bonds. The minimum Gasteiger partial charge on any atom is -0.508 e. The van der Waals surface area contributed by atoms with Gasteiger partial charge in [-0.3, -0.25) is 0 Å². The molecule has 3 N–H and O–H groups in total. The first-order valence-electron chi connectivity index (χ1n) is 13.2. The molecule has 36 heavy (non-hydrogen) atoms. The molecule has 0 saturated carbocycles. The van der Waals surface area contributed by atoms with E-state index in [1.54, 1.807) is 0 Å². The summed E-state index contributed by atoms with van der Waals surface area (Å²) in [6.45, 7) is 13.1. The van der Waals surface area contributed by atoms with Crippen LogP contribution in [0.5, 0.6) is 5.75 Å². The number of aliphatic hydroxyl groups is 2. The molecule has 3 aromatic rings. The van der Waals surface area contributed by atoms with Gasteiger partial charge in [0.1, 0.15) is 5.75 Å². The fourth-order valence-corrected chi connectivity index (χ4v) is 4.62. The van der Waals surface area contributed by atoms with Gasteiger partial charge in [-0.2, -0.15) is 0 Å². The number of aliphatic hydroxyl groups excluding tert-OH is 2. The molecule has 0 saturated heterocycles. The van der Waals surface area contributed by atoms with Crippen molar-refractivity contribution in [1.29, 1.82) is 0 Å². The smallest absolute Gasteiger partial charge is 0.119 e. The molecule has 0 aliphatic rings. The second-order valence-electron chi connectivity index (χ2n) is 11.0. The van der Waals surface area contributed by atoms with E-state index in [1.807, 2.05) is 43.3 Å². The van der Waals surface area contributed by atoms with Crippen LogP contribution in [0, 0.1) is 5.41 Å². The summed E-state index contributed by atoms with van der Waals surface area (Å²) < 4.78 is 0. The zero-order chi connectivity index (χ0) is 26.8. The van der Waals surface area contributed by atoms with Gasteiger partial charge in [-0.15, -0.1) is 0 Å². The number of phenolic OH excluding ortho intramolecular Hbond substituents is 1. The average molecular weight is 491 g/mol. The van der Waals surface area contributed by atoms with Crippen LogP contribution in [0.4, 0.5) is 0 Å². The third-order valence-electron chi connectivity index (χ3n) is 7.86. The van der Waals surface area contributed by atoms with Crippen molar-refractivity contribution in [3.05, 3.63) is 101 Å². The highest BCUT2D eigenvalue weighted by Gasteiger charge is 2.30. The number of hydrogen-bond acceptors (Lipinski definition) is 3. The number of hydrogen-bond donors (Lipinski definition) is 3. The topological polar surface area (TPSA) is 60.7 Å². The van der Waals surface area contributed by atoms with Gasteiger partial charge in [0.15, 0.2) is 0 Å². The maximum Gasteiger partial charge on any atom is 0.119 e. The Morgan fingerprint density at radius 3 is 1.58 bits per heavy atom. The van der Waals surface area contributed by atoms with Crippen LogP contribution in [0.1, 0.15) is 89.5 Å². The third-order valence-corrected chi connectivity index (χ3v) is 7.86. The lowest BCUT2D eigenvalue weighted by Gasteiger charge is -2.31. The monoisotopic (exact) mass is 490 g/mol. The SMILES string of the molecule is CC(C)(c1ccccc1)c1ccc(O)c(C(C)(C)c2ccccc2)c1.CCCCC(CC)(CO)CO. The second kappa shape index (κ2) is 13.1. The Hall–Kier alpha value is -2.62. The Morgan fingerprint density at radius 1 is 0.639 bits per heavy atom. The van der Waals surface area contributed by atoms with Gasteiger partial charge in [0.25, 0.3) is 0 Å². The van der Waals surface area contributed by atoms with E-state index in [0.29, 0.717) is 5.75 Å².